The second-order valence-corrected chi connectivity index (χ2v) is 6.90. The Hall–Kier alpha value is 0.110. The van der Waals surface area contributed by atoms with Gasteiger partial charge in [-0.3, -0.25) is 4.57 Å². The lowest BCUT2D eigenvalue weighted by Gasteiger charge is -2.18. The summed E-state index contributed by atoms with van der Waals surface area (Å²) in [7, 11) is -3.37. The first kappa shape index (κ1) is 18.1. The van der Waals surface area contributed by atoms with E-state index >= 15 is 0 Å². The van der Waals surface area contributed by atoms with E-state index in [0.717, 1.165) is 44.9 Å². The van der Waals surface area contributed by atoms with Crippen LogP contribution in [0.1, 0.15) is 58.8 Å². The summed E-state index contributed by atoms with van der Waals surface area (Å²) in [6.45, 7) is 5.32. The molecule has 5 heteroatoms. The molecule has 2 atom stereocenters. The summed E-state index contributed by atoms with van der Waals surface area (Å²) in [5, 5.41) is 0. The molecule has 4 nitrogen and oxygen atoms in total. The maximum Gasteiger partial charge on any atom is 0.328 e. The molecule has 0 aliphatic heterocycles. The van der Waals surface area contributed by atoms with E-state index in [-0.39, 0.29) is 6.16 Å². The van der Waals surface area contributed by atoms with Crippen molar-refractivity contribution in [3.05, 3.63) is 0 Å². The molecular formula is C13H30NO3P. The first-order valence-electron chi connectivity index (χ1n) is 7.22. The fourth-order valence-electron chi connectivity index (χ4n) is 1.82. The third kappa shape index (κ3) is 10.1. The van der Waals surface area contributed by atoms with Crippen molar-refractivity contribution in [2.24, 2.45) is 11.7 Å². The van der Waals surface area contributed by atoms with Gasteiger partial charge in [0, 0.05) is 6.16 Å². The number of hydrogen-bond acceptors (Lipinski definition) is 3. The van der Waals surface area contributed by atoms with Gasteiger partial charge in [-0.05, 0) is 31.7 Å². The van der Waals surface area contributed by atoms with E-state index in [1.54, 1.807) is 0 Å². The molecule has 0 aliphatic carbocycles. The van der Waals surface area contributed by atoms with Gasteiger partial charge in [-0.25, -0.2) is 0 Å². The fourth-order valence-corrected chi connectivity index (χ4v) is 3.01. The van der Waals surface area contributed by atoms with Gasteiger partial charge in [-0.15, -0.1) is 0 Å². The van der Waals surface area contributed by atoms with Crippen molar-refractivity contribution in [3.8, 4) is 0 Å². The summed E-state index contributed by atoms with van der Waals surface area (Å²) in [6.07, 6.45) is 7.20. The van der Waals surface area contributed by atoms with Gasteiger partial charge >= 0.3 is 7.60 Å². The fraction of sp³-hybridized carbons (Fsp3) is 1.00. The molecule has 0 aromatic carbocycles. The van der Waals surface area contributed by atoms with Crippen molar-refractivity contribution < 1.29 is 14.0 Å². The summed E-state index contributed by atoms with van der Waals surface area (Å²) in [6, 6.07) is 0. The second kappa shape index (κ2) is 11.0. The predicted molar refractivity (Wildman–Crippen MR) is 76.9 cm³/mol. The lowest BCUT2D eigenvalue weighted by Crippen LogP contribution is -2.09. The van der Waals surface area contributed by atoms with Gasteiger partial charge in [0.25, 0.3) is 0 Å². The maximum atomic E-state index is 11.8. The Kier molecular flexibility index (Phi) is 11.0. The van der Waals surface area contributed by atoms with Crippen LogP contribution in [0.15, 0.2) is 0 Å². The highest BCUT2D eigenvalue weighted by Crippen LogP contribution is 2.43. The van der Waals surface area contributed by atoms with Crippen molar-refractivity contribution >= 4 is 7.60 Å². The maximum absolute atomic E-state index is 11.8. The molecule has 110 valence electrons. The molecule has 0 spiro atoms. The Bertz CT molecular complexity index is 236. The Morgan fingerprint density at radius 1 is 1.22 bits per heavy atom. The third-order valence-electron chi connectivity index (χ3n) is 3.20. The topological polar surface area (TPSA) is 72.5 Å². The molecule has 0 fully saturated rings. The Morgan fingerprint density at radius 2 is 1.94 bits per heavy atom. The van der Waals surface area contributed by atoms with Crippen LogP contribution in [-0.2, 0) is 9.09 Å². The Labute approximate surface area is 112 Å². The molecule has 0 bridgehead atoms. The van der Waals surface area contributed by atoms with Crippen LogP contribution in [0, 0.1) is 5.92 Å². The lowest BCUT2D eigenvalue weighted by molar-refractivity contribution is 0.203. The summed E-state index contributed by atoms with van der Waals surface area (Å²) in [5.41, 5.74) is 5.38. The summed E-state index contributed by atoms with van der Waals surface area (Å²) >= 11 is 0. The number of nitrogens with two attached hydrogens (primary N) is 1. The van der Waals surface area contributed by atoms with Gasteiger partial charge in [0.15, 0.2) is 0 Å². The van der Waals surface area contributed by atoms with E-state index in [2.05, 4.69) is 13.8 Å². The van der Waals surface area contributed by atoms with E-state index in [4.69, 9.17) is 10.3 Å². The first-order valence-corrected chi connectivity index (χ1v) is 8.98. The molecule has 0 heterocycles. The van der Waals surface area contributed by atoms with Gasteiger partial charge in [0.1, 0.15) is 0 Å². The van der Waals surface area contributed by atoms with Crippen LogP contribution in [0.25, 0.3) is 0 Å². The predicted octanol–water partition coefficient (Wildman–Crippen LogP) is 3.53. The van der Waals surface area contributed by atoms with E-state index in [9.17, 15) is 9.46 Å². The molecular weight excluding hydrogens is 249 g/mol. The zero-order valence-electron chi connectivity index (χ0n) is 11.9. The normalized spacial score (nSPS) is 16.4. The average Bonchev–Trinajstić information content (AvgIpc) is 2.35. The zero-order chi connectivity index (χ0) is 13.9. The van der Waals surface area contributed by atoms with Gasteiger partial charge in [-0.2, -0.15) is 0 Å². The van der Waals surface area contributed by atoms with Gasteiger partial charge in [0.2, 0.25) is 0 Å². The SMILES string of the molecule is CCCCC(CC)COP(=O)(O)CCCCCN. The highest BCUT2D eigenvalue weighted by atomic mass is 31.2. The summed E-state index contributed by atoms with van der Waals surface area (Å²) in [4.78, 5) is 9.69. The zero-order valence-corrected chi connectivity index (χ0v) is 12.8. The largest absolute Gasteiger partial charge is 0.330 e. The first-order chi connectivity index (χ1) is 8.55. The van der Waals surface area contributed by atoms with Crippen LogP contribution in [0.2, 0.25) is 0 Å². The van der Waals surface area contributed by atoms with Crippen molar-refractivity contribution in [1.29, 1.82) is 0 Å². The molecule has 0 saturated carbocycles. The summed E-state index contributed by atoms with van der Waals surface area (Å²) < 4.78 is 17.0. The second-order valence-electron chi connectivity index (χ2n) is 4.92. The lowest BCUT2D eigenvalue weighted by atomic mass is 10.0. The number of unbranched alkanes of at least 4 members (excludes halogenated alkanes) is 3. The number of rotatable bonds is 12. The van der Waals surface area contributed by atoms with Crippen molar-refractivity contribution in [1.82, 2.24) is 0 Å². The molecule has 0 aromatic heterocycles. The molecule has 0 amide bonds. The molecule has 0 aliphatic rings. The minimum atomic E-state index is -3.37. The smallest absolute Gasteiger partial charge is 0.328 e. The molecule has 0 aromatic rings. The molecule has 18 heavy (non-hydrogen) atoms. The van der Waals surface area contributed by atoms with Crippen LogP contribution in [0.5, 0.6) is 0 Å². The Morgan fingerprint density at radius 3 is 2.50 bits per heavy atom. The van der Waals surface area contributed by atoms with Crippen LogP contribution in [0.3, 0.4) is 0 Å². The quantitative estimate of drug-likeness (QED) is 0.423. The highest BCUT2D eigenvalue weighted by molar-refractivity contribution is 7.52. The average molecular weight is 279 g/mol. The van der Waals surface area contributed by atoms with E-state index in [1.807, 2.05) is 0 Å². The van der Waals surface area contributed by atoms with Gasteiger partial charge < -0.3 is 15.2 Å². The van der Waals surface area contributed by atoms with E-state index in [0.29, 0.717) is 19.1 Å². The van der Waals surface area contributed by atoms with Crippen molar-refractivity contribution in [3.63, 3.8) is 0 Å². The Balaban J connectivity index is 3.81. The summed E-state index contributed by atoms with van der Waals surface area (Å²) in [5.74, 6) is 0.412. The molecule has 0 rings (SSSR count). The monoisotopic (exact) mass is 279 g/mol. The van der Waals surface area contributed by atoms with Crippen LogP contribution in [-0.4, -0.2) is 24.2 Å². The molecule has 3 N–H and O–H groups in total. The van der Waals surface area contributed by atoms with E-state index < -0.39 is 7.60 Å². The highest BCUT2D eigenvalue weighted by Gasteiger charge is 2.20. The standard InChI is InChI=1S/C13H30NO3P/c1-3-5-9-13(4-2)12-17-18(15,16)11-8-6-7-10-14/h13H,3-12,14H2,1-2H3,(H,15,16). The molecule has 0 radical (unpaired) electrons. The third-order valence-corrected chi connectivity index (χ3v) is 4.63. The van der Waals surface area contributed by atoms with E-state index in [1.165, 1.54) is 0 Å². The minimum absolute atomic E-state index is 0.261. The van der Waals surface area contributed by atoms with Crippen LogP contribution < -0.4 is 5.73 Å². The van der Waals surface area contributed by atoms with Crippen LogP contribution >= 0.6 is 7.60 Å². The molecule has 0 saturated heterocycles. The van der Waals surface area contributed by atoms with Gasteiger partial charge in [0.05, 0.1) is 6.61 Å². The van der Waals surface area contributed by atoms with Gasteiger partial charge in [-0.1, -0.05) is 39.5 Å². The van der Waals surface area contributed by atoms with Crippen LogP contribution in [0.4, 0.5) is 0 Å². The van der Waals surface area contributed by atoms with Crippen molar-refractivity contribution in [2.45, 2.75) is 58.8 Å². The number of hydrogen-bond donors (Lipinski definition) is 2. The van der Waals surface area contributed by atoms with Crippen molar-refractivity contribution in [2.75, 3.05) is 19.3 Å². The minimum Gasteiger partial charge on any atom is -0.330 e. The molecule has 2 unspecified atom stereocenters.